The van der Waals surface area contributed by atoms with Crippen LogP contribution in [0.1, 0.15) is 0 Å². The van der Waals surface area contributed by atoms with E-state index < -0.39 is 9.05 Å². The van der Waals surface area contributed by atoms with Gasteiger partial charge >= 0.3 is 0 Å². The lowest BCUT2D eigenvalue weighted by atomic mass is 10.1. The lowest BCUT2D eigenvalue weighted by molar-refractivity contribution is 0.610. The minimum absolute atomic E-state index is 0.0574. The van der Waals surface area contributed by atoms with Crippen LogP contribution in [-0.4, -0.2) is 23.4 Å². The first-order valence-corrected chi connectivity index (χ1v) is 7.70. The number of fused-ring (bicyclic) bond motifs is 1. The maximum absolute atomic E-state index is 11.5. The molecule has 5 nitrogen and oxygen atoms in total. The molecule has 0 saturated carbocycles. The lowest BCUT2D eigenvalue weighted by Crippen LogP contribution is -1.89. The molecule has 1 N–H and O–H groups in total. The van der Waals surface area contributed by atoms with E-state index in [0.29, 0.717) is 16.7 Å². The quantitative estimate of drug-likeness (QED) is 0.737. The Hall–Kier alpha value is -1.92. The van der Waals surface area contributed by atoms with Crippen LogP contribution in [0.15, 0.2) is 47.8 Å². The lowest BCUT2D eigenvalue weighted by Gasteiger charge is -2.01. The molecule has 0 aliphatic heterocycles. The second-order valence-electron chi connectivity index (χ2n) is 3.89. The average Bonchev–Trinajstić information content (AvgIpc) is 2.83. The molecule has 0 bridgehead atoms. The standard InChI is InChI=1S/C12H8ClN3O2S/c13-19(17,18)10-7-16-11-8(10)3-1-4-9(11)12-14-5-2-6-15-12/h1-7,16H. The van der Waals surface area contributed by atoms with Crippen molar-refractivity contribution < 1.29 is 8.42 Å². The summed E-state index contributed by atoms with van der Waals surface area (Å²) in [4.78, 5) is 11.3. The third-order valence-corrected chi connectivity index (χ3v) is 4.11. The molecule has 2 heterocycles. The maximum atomic E-state index is 11.5. The highest BCUT2D eigenvalue weighted by Crippen LogP contribution is 2.31. The topological polar surface area (TPSA) is 75.7 Å². The first kappa shape index (κ1) is 12.1. The number of nitrogens with zero attached hydrogens (tertiary/aromatic N) is 2. The van der Waals surface area contributed by atoms with Crippen molar-refractivity contribution in [3.63, 3.8) is 0 Å². The SMILES string of the molecule is O=S(=O)(Cl)c1c[nH]c2c(-c3ncccn3)cccc12. The normalized spacial score (nSPS) is 11.8. The zero-order chi connectivity index (χ0) is 13.5. The fourth-order valence-electron chi connectivity index (χ4n) is 1.95. The molecule has 0 fully saturated rings. The molecule has 19 heavy (non-hydrogen) atoms. The van der Waals surface area contributed by atoms with E-state index in [1.54, 1.807) is 30.6 Å². The van der Waals surface area contributed by atoms with Gasteiger partial charge in [0.1, 0.15) is 4.90 Å². The average molecular weight is 294 g/mol. The van der Waals surface area contributed by atoms with Gasteiger partial charge in [-0.1, -0.05) is 12.1 Å². The predicted molar refractivity (Wildman–Crippen MR) is 72.4 cm³/mol. The fraction of sp³-hybridized carbons (Fsp3) is 0. The van der Waals surface area contributed by atoms with E-state index in [1.165, 1.54) is 6.20 Å². The molecule has 0 saturated heterocycles. The summed E-state index contributed by atoms with van der Waals surface area (Å²) >= 11 is 0. The number of nitrogens with one attached hydrogen (secondary N) is 1. The monoisotopic (exact) mass is 293 g/mol. The van der Waals surface area contributed by atoms with E-state index in [0.717, 1.165) is 5.56 Å². The molecule has 0 unspecified atom stereocenters. The number of benzene rings is 1. The van der Waals surface area contributed by atoms with Crippen LogP contribution in [-0.2, 0) is 9.05 Å². The molecule has 0 aliphatic carbocycles. The van der Waals surface area contributed by atoms with E-state index >= 15 is 0 Å². The molecule has 96 valence electrons. The highest BCUT2D eigenvalue weighted by atomic mass is 35.7. The van der Waals surface area contributed by atoms with E-state index in [9.17, 15) is 8.42 Å². The van der Waals surface area contributed by atoms with Gasteiger partial charge in [0.05, 0.1) is 5.52 Å². The van der Waals surface area contributed by atoms with Crippen LogP contribution in [0.3, 0.4) is 0 Å². The summed E-state index contributed by atoms with van der Waals surface area (Å²) in [5, 5.41) is 0.528. The Morgan fingerprint density at radius 2 is 1.84 bits per heavy atom. The molecule has 3 rings (SSSR count). The van der Waals surface area contributed by atoms with Gasteiger partial charge in [-0.3, -0.25) is 0 Å². The molecule has 7 heteroatoms. The van der Waals surface area contributed by atoms with Crippen molar-refractivity contribution in [3.05, 3.63) is 42.9 Å². The van der Waals surface area contributed by atoms with E-state index in [4.69, 9.17) is 10.7 Å². The first-order chi connectivity index (χ1) is 9.07. The van der Waals surface area contributed by atoms with Gasteiger partial charge in [-0.2, -0.15) is 0 Å². The molecule has 2 aromatic heterocycles. The van der Waals surface area contributed by atoms with Gasteiger partial charge in [0.2, 0.25) is 0 Å². The van der Waals surface area contributed by atoms with Gasteiger partial charge in [0.15, 0.2) is 5.82 Å². The fourth-order valence-corrected chi connectivity index (χ4v) is 2.97. The van der Waals surface area contributed by atoms with Crippen molar-refractivity contribution in [2.75, 3.05) is 0 Å². The number of hydrogen-bond acceptors (Lipinski definition) is 4. The summed E-state index contributed by atoms with van der Waals surface area (Å²) in [5.41, 5.74) is 1.37. The molecule has 0 atom stereocenters. The number of H-pyrrole nitrogens is 1. The van der Waals surface area contributed by atoms with Gasteiger partial charge in [0, 0.05) is 40.2 Å². The van der Waals surface area contributed by atoms with Crippen molar-refractivity contribution in [3.8, 4) is 11.4 Å². The number of halogens is 1. The Labute approximate surface area is 113 Å². The predicted octanol–water partition coefficient (Wildman–Crippen LogP) is 2.55. The smallest absolute Gasteiger partial charge is 0.263 e. The number of rotatable bonds is 2. The van der Waals surface area contributed by atoms with E-state index in [-0.39, 0.29) is 4.90 Å². The summed E-state index contributed by atoms with van der Waals surface area (Å²) in [6.07, 6.45) is 4.63. The molecular weight excluding hydrogens is 286 g/mol. The second-order valence-corrected chi connectivity index (χ2v) is 6.43. The molecule has 0 spiro atoms. The summed E-state index contributed by atoms with van der Waals surface area (Å²) in [6.45, 7) is 0. The summed E-state index contributed by atoms with van der Waals surface area (Å²) < 4.78 is 22.9. The van der Waals surface area contributed by atoms with Crippen LogP contribution in [0.25, 0.3) is 22.3 Å². The Balaban J connectivity index is 2.33. The molecule has 0 amide bonds. The molecule has 1 aromatic carbocycles. The third-order valence-electron chi connectivity index (χ3n) is 2.75. The number of aromatic nitrogens is 3. The Bertz CT molecular complexity index is 844. The van der Waals surface area contributed by atoms with Crippen LogP contribution < -0.4 is 0 Å². The minimum Gasteiger partial charge on any atom is -0.359 e. The van der Waals surface area contributed by atoms with Crippen LogP contribution >= 0.6 is 10.7 Å². The number of aromatic amines is 1. The van der Waals surface area contributed by atoms with Crippen molar-refractivity contribution in [1.29, 1.82) is 0 Å². The first-order valence-electron chi connectivity index (χ1n) is 5.39. The van der Waals surface area contributed by atoms with Gasteiger partial charge in [-0.05, 0) is 12.1 Å². The summed E-state index contributed by atoms with van der Waals surface area (Å²) in [7, 11) is 1.61. The zero-order valence-corrected chi connectivity index (χ0v) is 11.1. The van der Waals surface area contributed by atoms with E-state index in [1.807, 2.05) is 6.07 Å². The Kier molecular flexibility index (Phi) is 2.76. The maximum Gasteiger partial charge on any atom is 0.263 e. The van der Waals surface area contributed by atoms with Crippen molar-refractivity contribution in [2.45, 2.75) is 4.90 Å². The highest BCUT2D eigenvalue weighted by Gasteiger charge is 2.18. The Morgan fingerprint density at radius 1 is 1.11 bits per heavy atom. The van der Waals surface area contributed by atoms with Gasteiger partial charge in [-0.15, -0.1) is 0 Å². The second kappa shape index (κ2) is 4.32. The van der Waals surface area contributed by atoms with Crippen LogP contribution in [0.4, 0.5) is 0 Å². The van der Waals surface area contributed by atoms with Crippen LogP contribution in [0.5, 0.6) is 0 Å². The molecule has 0 aliphatic rings. The molecular formula is C12H8ClN3O2S. The number of hydrogen-bond donors (Lipinski definition) is 1. The van der Waals surface area contributed by atoms with Gasteiger partial charge in [0.25, 0.3) is 9.05 Å². The summed E-state index contributed by atoms with van der Waals surface area (Å²) in [5.74, 6) is 0.522. The molecule has 0 radical (unpaired) electrons. The van der Waals surface area contributed by atoms with Gasteiger partial charge in [-0.25, -0.2) is 18.4 Å². The highest BCUT2D eigenvalue weighted by molar-refractivity contribution is 8.14. The largest absolute Gasteiger partial charge is 0.359 e. The van der Waals surface area contributed by atoms with Crippen molar-refractivity contribution >= 4 is 30.6 Å². The summed E-state index contributed by atoms with van der Waals surface area (Å²) in [6, 6.07) is 6.97. The zero-order valence-electron chi connectivity index (χ0n) is 9.54. The number of para-hydroxylation sites is 1. The Morgan fingerprint density at radius 3 is 2.53 bits per heavy atom. The van der Waals surface area contributed by atoms with Gasteiger partial charge < -0.3 is 4.98 Å². The van der Waals surface area contributed by atoms with E-state index in [2.05, 4.69) is 15.0 Å². The van der Waals surface area contributed by atoms with Crippen molar-refractivity contribution in [1.82, 2.24) is 15.0 Å². The van der Waals surface area contributed by atoms with Crippen LogP contribution in [0, 0.1) is 0 Å². The minimum atomic E-state index is -3.78. The van der Waals surface area contributed by atoms with Crippen molar-refractivity contribution in [2.24, 2.45) is 0 Å². The molecule has 3 aromatic rings. The van der Waals surface area contributed by atoms with Crippen LogP contribution in [0.2, 0.25) is 0 Å². The third kappa shape index (κ3) is 2.09.